The molecule has 1 aromatic rings. The first-order valence-electron chi connectivity index (χ1n) is 5.98. The zero-order valence-electron chi connectivity index (χ0n) is 10.1. The second kappa shape index (κ2) is 4.88. The molecule has 2 unspecified atom stereocenters. The number of ether oxygens (including phenoxy) is 2. The molecule has 0 aliphatic carbocycles. The van der Waals surface area contributed by atoms with Crippen LogP contribution >= 0.6 is 11.8 Å². The van der Waals surface area contributed by atoms with Gasteiger partial charge in [-0.05, 0) is 18.2 Å². The predicted molar refractivity (Wildman–Crippen MR) is 71.7 cm³/mol. The van der Waals surface area contributed by atoms with Gasteiger partial charge in [0.2, 0.25) is 0 Å². The Kier molecular flexibility index (Phi) is 3.36. The number of hydrogen-bond donors (Lipinski definition) is 1. The first-order chi connectivity index (χ1) is 9.03. The fourth-order valence-corrected chi connectivity index (χ4v) is 5.73. The van der Waals surface area contributed by atoms with E-state index >= 15 is 0 Å². The number of aliphatic hydroxyl groups excluding tert-OH is 1. The van der Waals surface area contributed by atoms with Crippen molar-refractivity contribution in [1.29, 1.82) is 0 Å². The molecule has 0 aromatic heterocycles. The first kappa shape index (κ1) is 13.1. The molecular formula is C12H14O5S2. The van der Waals surface area contributed by atoms with Crippen LogP contribution in [-0.2, 0) is 9.84 Å². The standard InChI is InChI=1S/C12H14O5S2/c13-9-6-19(14,15)7-12(9)18-8-1-2-10-11(5-8)17-4-3-16-10/h1-2,5,9,12-13H,3-4,6-7H2. The molecule has 104 valence electrons. The van der Waals surface area contributed by atoms with E-state index in [0.29, 0.717) is 24.7 Å². The number of benzene rings is 1. The van der Waals surface area contributed by atoms with Gasteiger partial charge in [-0.15, -0.1) is 11.8 Å². The van der Waals surface area contributed by atoms with Crippen LogP contribution in [0.4, 0.5) is 0 Å². The van der Waals surface area contributed by atoms with Crippen molar-refractivity contribution in [2.45, 2.75) is 16.2 Å². The quantitative estimate of drug-likeness (QED) is 0.867. The van der Waals surface area contributed by atoms with Crippen LogP contribution in [0.15, 0.2) is 23.1 Å². The lowest BCUT2D eigenvalue weighted by atomic mass is 10.3. The third kappa shape index (κ3) is 2.82. The van der Waals surface area contributed by atoms with Crippen molar-refractivity contribution in [2.24, 2.45) is 0 Å². The largest absolute Gasteiger partial charge is 0.486 e. The smallest absolute Gasteiger partial charge is 0.162 e. The second-order valence-corrected chi connectivity index (χ2v) is 8.07. The molecule has 3 rings (SSSR count). The molecule has 0 amide bonds. The monoisotopic (exact) mass is 302 g/mol. The normalized spacial score (nSPS) is 28.3. The van der Waals surface area contributed by atoms with Gasteiger partial charge >= 0.3 is 0 Å². The molecule has 0 spiro atoms. The van der Waals surface area contributed by atoms with Crippen LogP contribution in [-0.4, -0.2) is 49.6 Å². The average molecular weight is 302 g/mol. The lowest BCUT2D eigenvalue weighted by molar-refractivity contribution is 0.171. The molecule has 5 nitrogen and oxygen atoms in total. The number of hydrogen-bond acceptors (Lipinski definition) is 6. The van der Waals surface area contributed by atoms with Crippen LogP contribution in [0.2, 0.25) is 0 Å². The molecule has 1 saturated heterocycles. The van der Waals surface area contributed by atoms with Crippen LogP contribution in [0.25, 0.3) is 0 Å². The Hall–Kier alpha value is -0.920. The van der Waals surface area contributed by atoms with E-state index in [1.54, 1.807) is 0 Å². The van der Waals surface area contributed by atoms with Crippen LogP contribution in [0.3, 0.4) is 0 Å². The van der Waals surface area contributed by atoms with Crippen molar-refractivity contribution in [3.8, 4) is 11.5 Å². The number of aliphatic hydroxyl groups is 1. The lowest BCUT2D eigenvalue weighted by Crippen LogP contribution is -2.20. The van der Waals surface area contributed by atoms with Gasteiger partial charge < -0.3 is 14.6 Å². The van der Waals surface area contributed by atoms with Gasteiger partial charge in [0.1, 0.15) is 13.2 Å². The highest BCUT2D eigenvalue weighted by atomic mass is 32.2. The van der Waals surface area contributed by atoms with Crippen molar-refractivity contribution >= 4 is 21.6 Å². The summed E-state index contributed by atoms with van der Waals surface area (Å²) in [6.07, 6.45) is -0.803. The van der Waals surface area contributed by atoms with Gasteiger partial charge in [-0.25, -0.2) is 8.42 Å². The van der Waals surface area contributed by atoms with Crippen molar-refractivity contribution < 1.29 is 23.0 Å². The Morgan fingerprint density at radius 3 is 2.58 bits per heavy atom. The molecule has 2 heterocycles. The Labute approximate surface area is 115 Å². The third-order valence-electron chi connectivity index (χ3n) is 3.07. The molecule has 1 N–H and O–H groups in total. The fraction of sp³-hybridized carbons (Fsp3) is 0.500. The Morgan fingerprint density at radius 1 is 1.16 bits per heavy atom. The summed E-state index contributed by atoms with van der Waals surface area (Å²) in [5.74, 6) is 1.25. The van der Waals surface area contributed by atoms with E-state index in [2.05, 4.69) is 0 Å². The lowest BCUT2D eigenvalue weighted by Gasteiger charge is -2.19. The molecule has 7 heteroatoms. The average Bonchev–Trinajstić information content (AvgIpc) is 2.62. The molecular weight excluding hydrogens is 288 g/mol. The fourth-order valence-electron chi connectivity index (χ4n) is 2.18. The van der Waals surface area contributed by atoms with E-state index < -0.39 is 15.9 Å². The molecule has 1 fully saturated rings. The van der Waals surface area contributed by atoms with E-state index in [4.69, 9.17) is 9.47 Å². The van der Waals surface area contributed by atoms with Crippen molar-refractivity contribution in [3.05, 3.63) is 18.2 Å². The summed E-state index contributed by atoms with van der Waals surface area (Å²) in [4.78, 5) is 0.880. The number of rotatable bonds is 2. The molecule has 2 aliphatic heterocycles. The van der Waals surface area contributed by atoms with E-state index in [-0.39, 0.29) is 16.8 Å². The summed E-state index contributed by atoms with van der Waals surface area (Å²) in [5, 5.41) is 9.46. The minimum Gasteiger partial charge on any atom is -0.486 e. The van der Waals surface area contributed by atoms with Crippen LogP contribution in [0.5, 0.6) is 11.5 Å². The second-order valence-electron chi connectivity index (χ2n) is 4.61. The molecule has 0 radical (unpaired) electrons. The highest BCUT2D eigenvalue weighted by Gasteiger charge is 2.37. The molecule has 0 bridgehead atoms. The Bertz CT molecular complexity index is 584. The SMILES string of the molecule is O=S1(=O)CC(O)C(Sc2ccc3c(c2)OCCO3)C1. The maximum absolute atomic E-state index is 11.5. The maximum atomic E-state index is 11.5. The Balaban J connectivity index is 1.77. The van der Waals surface area contributed by atoms with Crippen molar-refractivity contribution in [3.63, 3.8) is 0 Å². The summed E-state index contributed by atoms with van der Waals surface area (Å²) in [6.45, 7) is 1.06. The van der Waals surface area contributed by atoms with E-state index in [9.17, 15) is 13.5 Å². The topological polar surface area (TPSA) is 72.8 Å². The number of thioether (sulfide) groups is 1. The zero-order chi connectivity index (χ0) is 13.5. The molecule has 19 heavy (non-hydrogen) atoms. The van der Waals surface area contributed by atoms with E-state index in [0.717, 1.165) is 4.90 Å². The van der Waals surface area contributed by atoms with Crippen LogP contribution < -0.4 is 9.47 Å². The van der Waals surface area contributed by atoms with Gasteiger partial charge in [0.05, 0.1) is 22.9 Å². The highest BCUT2D eigenvalue weighted by molar-refractivity contribution is 8.02. The summed E-state index contributed by atoms with van der Waals surface area (Å²) in [7, 11) is -3.11. The van der Waals surface area contributed by atoms with Crippen LogP contribution in [0, 0.1) is 0 Å². The summed E-state index contributed by atoms with van der Waals surface area (Å²) in [5.41, 5.74) is 0. The van der Waals surface area contributed by atoms with Gasteiger partial charge in [0.15, 0.2) is 21.3 Å². The molecule has 2 atom stereocenters. The Morgan fingerprint density at radius 2 is 1.89 bits per heavy atom. The molecule has 0 saturated carbocycles. The first-order valence-corrected chi connectivity index (χ1v) is 8.68. The highest BCUT2D eigenvalue weighted by Crippen LogP contribution is 2.37. The van der Waals surface area contributed by atoms with Gasteiger partial charge in [-0.1, -0.05) is 0 Å². The van der Waals surface area contributed by atoms with E-state index in [1.165, 1.54) is 11.8 Å². The summed E-state index contributed by atoms with van der Waals surface area (Å²) >= 11 is 1.37. The van der Waals surface area contributed by atoms with Gasteiger partial charge in [-0.2, -0.15) is 0 Å². The van der Waals surface area contributed by atoms with Crippen molar-refractivity contribution in [1.82, 2.24) is 0 Å². The van der Waals surface area contributed by atoms with Gasteiger partial charge in [0.25, 0.3) is 0 Å². The third-order valence-corrected chi connectivity index (χ3v) is 6.31. The van der Waals surface area contributed by atoms with Crippen LogP contribution in [0.1, 0.15) is 0 Å². The summed E-state index contributed by atoms with van der Waals surface area (Å²) in [6, 6.07) is 5.50. The maximum Gasteiger partial charge on any atom is 0.162 e. The molecule has 2 aliphatic rings. The van der Waals surface area contributed by atoms with Gasteiger partial charge in [0, 0.05) is 4.90 Å². The van der Waals surface area contributed by atoms with Gasteiger partial charge in [-0.3, -0.25) is 0 Å². The number of sulfone groups is 1. The predicted octanol–water partition coefficient (Wildman–Crippen LogP) is 0.708. The molecule has 1 aromatic carbocycles. The zero-order valence-corrected chi connectivity index (χ0v) is 11.7. The minimum absolute atomic E-state index is 0.0211. The number of fused-ring (bicyclic) bond motifs is 1. The minimum atomic E-state index is -3.11. The van der Waals surface area contributed by atoms with Crippen molar-refractivity contribution in [2.75, 3.05) is 24.7 Å². The summed E-state index contributed by atoms with van der Waals surface area (Å²) < 4.78 is 33.8. The van der Waals surface area contributed by atoms with E-state index in [1.807, 2.05) is 18.2 Å².